The first-order valence-electron chi connectivity index (χ1n) is 10.8. The smallest absolute Gasteiger partial charge is 0.335 e. The fourth-order valence-corrected chi connectivity index (χ4v) is 3.52. The molecule has 186 valence electrons. The highest BCUT2D eigenvalue weighted by Crippen LogP contribution is 2.33. The van der Waals surface area contributed by atoms with Gasteiger partial charge in [0.25, 0.3) is 5.56 Å². The fraction of sp³-hybridized carbons (Fsp3) is 0.280. The van der Waals surface area contributed by atoms with E-state index in [1.165, 1.54) is 10.8 Å². The first-order chi connectivity index (χ1) is 16.6. The van der Waals surface area contributed by atoms with Crippen molar-refractivity contribution in [1.29, 1.82) is 0 Å². The van der Waals surface area contributed by atoms with E-state index in [1.807, 2.05) is 0 Å². The van der Waals surface area contributed by atoms with Gasteiger partial charge in [-0.2, -0.15) is 0 Å². The molecule has 0 spiro atoms. The number of hydrogen-bond acceptors (Lipinski definition) is 6. The zero-order valence-corrected chi connectivity index (χ0v) is 19.1. The number of aromatic carboxylic acids is 2. The van der Waals surface area contributed by atoms with Gasteiger partial charge < -0.3 is 20.4 Å². The Morgan fingerprint density at radius 2 is 1.40 bits per heavy atom. The van der Waals surface area contributed by atoms with E-state index in [4.69, 9.17) is 15.3 Å². The predicted molar refractivity (Wildman–Crippen MR) is 128 cm³/mol. The van der Waals surface area contributed by atoms with Crippen molar-refractivity contribution in [3.8, 4) is 0 Å². The summed E-state index contributed by atoms with van der Waals surface area (Å²) in [5.41, 5.74) is 0.279. The van der Waals surface area contributed by atoms with Gasteiger partial charge in [-0.25, -0.2) is 14.4 Å². The minimum atomic E-state index is -0.879. The Morgan fingerprint density at radius 3 is 1.77 bits per heavy atom. The van der Waals surface area contributed by atoms with Crippen LogP contribution in [0.25, 0.3) is 0 Å². The molecule has 0 amide bonds. The van der Waals surface area contributed by atoms with Crippen LogP contribution in [0, 0.1) is 12.8 Å². The van der Waals surface area contributed by atoms with E-state index >= 15 is 0 Å². The second kappa shape index (κ2) is 13.0. The second-order valence-corrected chi connectivity index (χ2v) is 7.96. The number of rotatable bonds is 4. The number of carboxylic acids is 2. The lowest BCUT2D eigenvalue weighted by atomic mass is 10.1. The van der Waals surface area contributed by atoms with Gasteiger partial charge in [-0.3, -0.25) is 14.3 Å². The molecule has 1 aliphatic carbocycles. The highest BCUT2D eigenvalue weighted by molar-refractivity contribution is 5.87. The molecule has 0 saturated heterocycles. The first-order valence-corrected chi connectivity index (χ1v) is 10.8. The molecule has 1 fully saturated rings. The summed E-state index contributed by atoms with van der Waals surface area (Å²) in [6.07, 6.45) is 1.89. The van der Waals surface area contributed by atoms with E-state index in [2.05, 4.69) is 4.98 Å². The molecule has 0 radical (unpaired) electrons. The lowest BCUT2D eigenvalue weighted by molar-refractivity contribution is 0.0686. The Kier molecular flexibility index (Phi) is 10.1. The molecule has 10 nitrogen and oxygen atoms in total. The van der Waals surface area contributed by atoms with Gasteiger partial charge in [0.1, 0.15) is 0 Å². The summed E-state index contributed by atoms with van der Waals surface area (Å²) in [5, 5.41) is 35.5. The zero-order chi connectivity index (χ0) is 26.0. The van der Waals surface area contributed by atoms with Crippen LogP contribution in [0.4, 0.5) is 0 Å². The van der Waals surface area contributed by atoms with E-state index in [0.29, 0.717) is 29.5 Å². The molecule has 1 heterocycles. The number of carboxylic acid groups (broad SMARTS) is 2. The number of carbonyl (C=O) groups is 2. The van der Waals surface area contributed by atoms with Crippen molar-refractivity contribution >= 4 is 11.9 Å². The van der Waals surface area contributed by atoms with E-state index in [-0.39, 0.29) is 24.1 Å². The van der Waals surface area contributed by atoms with Gasteiger partial charge in [-0.05, 0) is 44.0 Å². The predicted octanol–water partition coefficient (Wildman–Crippen LogP) is 1.92. The summed E-state index contributed by atoms with van der Waals surface area (Å²) in [4.78, 5) is 45.5. The van der Waals surface area contributed by atoms with Crippen LogP contribution in [0.15, 0.2) is 76.4 Å². The van der Waals surface area contributed by atoms with Crippen LogP contribution in [0.5, 0.6) is 0 Å². The van der Waals surface area contributed by atoms with Crippen LogP contribution >= 0.6 is 0 Å². The van der Waals surface area contributed by atoms with Crippen molar-refractivity contribution in [2.24, 2.45) is 5.92 Å². The van der Waals surface area contributed by atoms with Gasteiger partial charge in [0, 0.05) is 30.3 Å². The summed E-state index contributed by atoms with van der Waals surface area (Å²) >= 11 is 0. The number of hydrogen-bond donors (Lipinski definition) is 5. The van der Waals surface area contributed by atoms with Gasteiger partial charge in [0.2, 0.25) is 0 Å². The molecule has 1 saturated carbocycles. The molecule has 0 aliphatic heterocycles. The molecule has 1 aliphatic rings. The Balaban J connectivity index is 0.000000203. The first kappa shape index (κ1) is 27.2. The summed E-state index contributed by atoms with van der Waals surface area (Å²) in [6.45, 7) is 1.54. The van der Waals surface area contributed by atoms with Crippen molar-refractivity contribution in [3.05, 3.63) is 104 Å². The fourth-order valence-electron chi connectivity index (χ4n) is 3.52. The molecule has 3 atom stereocenters. The highest BCUT2D eigenvalue weighted by Gasteiger charge is 2.33. The molecular weight excluding hydrogens is 456 g/mol. The minimum absolute atomic E-state index is 0.0885. The molecule has 1 aromatic heterocycles. The Hall–Kier alpha value is -4.02. The lowest BCUT2D eigenvalue weighted by Crippen LogP contribution is -2.32. The number of H-pyrrole nitrogens is 1. The van der Waals surface area contributed by atoms with Crippen LogP contribution in [0.1, 0.15) is 45.2 Å². The number of aliphatic hydroxyl groups is 2. The molecule has 3 aromatic rings. The maximum atomic E-state index is 11.6. The van der Waals surface area contributed by atoms with Crippen molar-refractivity contribution in [3.63, 3.8) is 0 Å². The van der Waals surface area contributed by atoms with Crippen LogP contribution in [0.2, 0.25) is 0 Å². The molecule has 10 heteroatoms. The monoisotopic (exact) mass is 484 g/mol. The number of nitrogens with one attached hydrogen (secondary N) is 1. The molecule has 35 heavy (non-hydrogen) atoms. The molecule has 4 rings (SSSR count). The van der Waals surface area contributed by atoms with Crippen molar-refractivity contribution in [2.75, 3.05) is 6.61 Å². The van der Waals surface area contributed by atoms with Gasteiger partial charge >= 0.3 is 17.6 Å². The third kappa shape index (κ3) is 8.05. The van der Waals surface area contributed by atoms with Crippen LogP contribution in [0.3, 0.4) is 0 Å². The van der Waals surface area contributed by atoms with Crippen molar-refractivity contribution in [2.45, 2.75) is 31.9 Å². The molecular formula is C25H28N2O8. The Labute approximate surface area is 200 Å². The van der Waals surface area contributed by atoms with Crippen molar-refractivity contribution < 1.29 is 30.0 Å². The number of aliphatic hydroxyl groups excluding tert-OH is 2. The average molecular weight is 485 g/mol. The van der Waals surface area contributed by atoms with E-state index in [1.54, 1.807) is 67.6 Å². The summed E-state index contributed by atoms with van der Waals surface area (Å²) < 4.78 is 1.44. The van der Waals surface area contributed by atoms with Crippen LogP contribution < -0.4 is 11.2 Å². The largest absolute Gasteiger partial charge is 0.478 e. The molecule has 0 unspecified atom stereocenters. The Bertz CT molecular complexity index is 1170. The van der Waals surface area contributed by atoms with E-state index in [0.717, 1.165) is 0 Å². The summed E-state index contributed by atoms with van der Waals surface area (Å²) in [7, 11) is 0. The Morgan fingerprint density at radius 1 is 0.914 bits per heavy atom. The topological polar surface area (TPSA) is 170 Å². The maximum Gasteiger partial charge on any atom is 0.335 e. The van der Waals surface area contributed by atoms with Crippen LogP contribution in [-0.4, -0.2) is 54.6 Å². The second-order valence-electron chi connectivity index (χ2n) is 7.96. The number of nitrogens with zero attached hydrogens (tertiary/aromatic N) is 1. The third-order valence-electron chi connectivity index (χ3n) is 5.45. The molecule has 2 aromatic carbocycles. The average Bonchev–Trinajstić information content (AvgIpc) is 3.23. The SMILES string of the molecule is Cc1cn([C@H]2C[C@@H](CO)[C@H](O)C2)c(=O)[nH]c1=O.O=C(O)c1ccccc1.O=C(O)c1ccccc1. The number of aromatic amines is 1. The standard InChI is InChI=1S/C11H16N2O4.2C7H6O2/c1-6-4-13(11(17)12-10(6)16)8-2-7(5-14)9(15)3-8;2*8-7(9)6-4-2-1-3-5-6/h4,7-9,14-15H,2-3,5H2,1H3,(H,12,16,17);2*1-5H,(H,8,9)/t7-,8-,9+;;/m0../s1. The van der Waals surface area contributed by atoms with E-state index in [9.17, 15) is 24.3 Å². The van der Waals surface area contributed by atoms with Crippen LogP contribution in [-0.2, 0) is 0 Å². The minimum Gasteiger partial charge on any atom is -0.478 e. The van der Waals surface area contributed by atoms with Gasteiger partial charge in [-0.15, -0.1) is 0 Å². The number of aryl methyl sites for hydroxylation is 1. The normalized spacial score (nSPS) is 18.4. The van der Waals surface area contributed by atoms with E-state index < -0.39 is 23.7 Å². The van der Waals surface area contributed by atoms with Gasteiger partial charge in [-0.1, -0.05) is 36.4 Å². The van der Waals surface area contributed by atoms with Gasteiger partial charge in [0.15, 0.2) is 0 Å². The number of aromatic nitrogens is 2. The number of benzene rings is 2. The third-order valence-corrected chi connectivity index (χ3v) is 5.45. The van der Waals surface area contributed by atoms with Gasteiger partial charge in [0.05, 0.1) is 17.2 Å². The molecule has 5 N–H and O–H groups in total. The maximum absolute atomic E-state index is 11.6. The summed E-state index contributed by atoms with van der Waals surface area (Å²) in [6, 6.07) is 16.4. The lowest BCUT2D eigenvalue weighted by Gasteiger charge is -2.13. The highest BCUT2D eigenvalue weighted by atomic mass is 16.4. The molecule has 0 bridgehead atoms. The quantitative estimate of drug-likeness (QED) is 0.374. The zero-order valence-electron chi connectivity index (χ0n) is 19.1. The summed E-state index contributed by atoms with van der Waals surface area (Å²) in [5.74, 6) is -1.95. The van der Waals surface area contributed by atoms with Crippen molar-refractivity contribution in [1.82, 2.24) is 9.55 Å².